The minimum atomic E-state index is -2.13. The number of benzene rings is 1. The van der Waals surface area contributed by atoms with Gasteiger partial charge >= 0.3 is 20.4 Å². The minimum Gasteiger partial charge on any atom is -0.450 e. The Kier molecular flexibility index (Phi) is 8.96. The zero-order chi connectivity index (χ0) is 22.1. The van der Waals surface area contributed by atoms with Crippen molar-refractivity contribution in [1.82, 2.24) is 9.55 Å². The fourth-order valence-electron chi connectivity index (χ4n) is 2.69. The number of para-hydroxylation sites is 1. The van der Waals surface area contributed by atoms with Gasteiger partial charge in [0, 0.05) is 24.4 Å². The van der Waals surface area contributed by atoms with Crippen LogP contribution >= 0.6 is 8.60 Å². The van der Waals surface area contributed by atoms with E-state index in [-0.39, 0.29) is 12.7 Å². The molecule has 1 fully saturated rings. The molecule has 1 saturated heterocycles. The number of nitrogens with one attached hydrogen (secondary N) is 1. The lowest BCUT2D eigenvalue weighted by molar-refractivity contribution is -0.0213. The van der Waals surface area contributed by atoms with Crippen LogP contribution in [-0.2, 0) is 15.8 Å². The molecule has 12 nitrogen and oxygen atoms in total. The molecule has 13 heteroatoms. The summed E-state index contributed by atoms with van der Waals surface area (Å²) in [5.74, 6) is 0.480. The average molecular weight is 443 g/mol. The van der Waals surface area contributed by atoms with Crippen molar-refractivity contribution in [2.45, 2.75) is 31.7 Å². The van der Waals surface area contributed by atoms with E-state index >= 15 is 0 Å². The van der Waals surface area contributed by atoms with Crippen LogP contribution in [0.3, 0.4) is 0 Å². The largest absolute Gasteiger partial charge is 0.503 e. The van der Waals surface area contributed by atoms with Gasteiger partial charge in [-0.3, -0.25) is 18.9 Å². The van der Waals surface area contributed by atoms with Gasteiger partial charge in [0.1, 0.15) is 12.0 Å². The van der Waals surface area contributed by atoms with Crippen molar-refractivity contribution >= 4 is 14.8 Å². The number of hydrogen-bond donors (Lipinski definition) is 5. The van der Waals surface area contributed by atoms with Gasteiger partial charge in [-0.2, -0.15) is 0 Å². The van der Waals surface area contributed by atoms with E-state index in [1.54, 1.807) is 12.1 Å². The van der Waals surface area contributed by atoms with Crippen LogP contribution in [0, 0.1) is 0 Å². The van der Waals surface area contributed by atoms with E-state index < -0.39 is 32.2 Å². The third-order valence-corrected chi connectivity index (χ3v) is 4.71. The number of ether oxygens (including phenoxy) is 1. The van der Waals surface area contributed by atoms with Crippen LogP contribution in [0.4, 0.5) is 4.79 Å². The number of aromatic amines is 1. The number of carbonyl (C=O) groups is 1. The highest BCUT2D eigenvalue weighted by molar-refractivity contribution is 7.41. The van der Waals surface area contributed by atoms with Crippen LogP contribution in [0.15, 0.2) is 46.1 Å². The third kappa shape index (κ3) is 7.25. The summed E-state index contributed by atoms with van der Waals surface area (Å²) < 4.78 is 17.8. The number of hydrogen-bond acceptors (Lipinski definition) is 8. The van der Waals surface area contributed by atoms with E-state index in [9.17, 15) is 14.5 Å². The maximum absolute atomic E-state index is 11.8. The van der Waals surface area contributed by atoms with E-state index in [1.807, 2.05) is 12.1 Å². The van der Waals surface area contributed by atoms with Crippen molar-refractivity contribution in [2.75, 3.05) is 6.61 Å². The molecular formula is C17H22N3O9P. The van der Waals surface area contributed by atoms with E-state index in [0.717, 1.165) is 5.56 Å². The summed E-state index contributed by atoms with van der Waals surface area (Å²) in [4.78, 5) is 43.6. The lowest BCUT2D eigenvalue weighted by Gasteiger charge is -2.17. The molecule has 3 atom stereocenters. The molecule has 2 aromatic rings. The second kappa shape index (κ2) is 11.4. The number of H-pyrrole nitrogens is 1. The number of carboxylic acid groups (broad SMARTS) is 2. The van der Waals surface area contributed by atoms with Crippen molar-refractivity contribution in [3.63, 3.8) is 0 Å². The molecule has 0 spiro atoms. The van der Waals surface area contributed by atoms with Crippen molar-refractivity contribution in [3.05, 3.63) is 62.9 Å². The Labute approximate surface area is 171 Å². The summed E-state index contributed by atoms with van der Waals surface area (Å²) in [7, 11) is -2.13. The molecule has 30 heavy (non-hydrogen) atoms. The summed E-state index contributed by atoms with van der Waals surface area (Å²) >= 11 is 0. The molecule has 1 aliphatic rings. The molecule has 2 heterocycles. The Morgan fingerprint density at radius 3 is 2.63 bits per heavy atom. The predicted molar refractivity (Wildman–Crippen MR) is 105 cm³/mol. The summed E-state index contributed by atoms with van der Waals surface area (Å²) in [6.07, 6.45) is 0.0564. The predicted octanol–water partition coefficient (Wildman–Crippen LogP) is 1.21. The van der Waals surface area contributed by atoms with Crippen molar-refractivity contribution < 1.29 is 33.7 Å². The van der Waals surface area contributed by atoms with Gasteiger partial charge in [-0.25, -0.2) is 9.59 Å². The standard InChI is InChI=1S/C16H20N3O6P.CH2O3/c17-9-11-3-1-2-4-13(11)25-26(22)23-10-12-5-6-15(24-12)19-8-7-14(20)18-16(19)21;2-1(3)4/h1-4,7-8,12,15,22H,5-6,9-10,17H2,(H,18,20,21);(H2,2,3,4). The summed E-state index contributed by atoms with van der Waals surface area (Å²) in [6.45, 7) is 0.419. The first-order valence-electron chi connectivity index (χ1n) is 8.76. The maximum Gasteiger partial charge on any atom is 0.503 e. The zero-order valence-corrected chi connectivity index (χ0v) is 16.6. The fraction of sp³-hybridized carbons (Fsp3) is 0.353. The van der Waals surface area contributed by atoms with Crippen molar-refractivity contribution in [2.24, 2.45) is 5.73 Å². The number of nitrogens with zero attached hydrogens (tertiary/aromatic N) is 1. The van der Waals surface area contributed by atoms with Crippen LogP contribution in [0.5, 0.6) is 5.75 Å². The maximum atomic E-state index is 11.8. The zero-order valence-electron chi connectivity index (χ0n) is 15.7. The summed E-state index contributed by atoms with van der Waals surface area (Å²) in [5.41, 5.74) is 5.43. The van der Waals surface area contributed by atoms with Crippen molar-refractivity contribution in [1.29, 1.82) is 0 Å². The Hall–Kier alpha value is -2.76. The Bertz CT molecular complexity index is 944. The molecule has 3 unspecified atom stereocenters. The topological polar surface area (TPSA) is 186 Å². The molecule has 0 bridgehead atoms. The average Bonchev–Trinajstić information content (AvgIpc) is 3.15. The monoisotopic (exact) mass is 443 g/mol. The second-order valence-corrected chi connectivity index (χ2v) is 6.94. The van der Waals surface area contributed by atoms with Crippen LogP contribution < -0.4 is 21.5 Å². The van der Waals surface area contributed by atoms with Crippen LogP contribution in [0.25, 0.3) is 0 Å². The van der Waals surface area contributed by atoms with Gasteiger partial charge in [-0.1, -0.05) is 18.2 Å². The van der Waals surface area contributed by atoms with E-state index in [4.69, 9.17) is 34.5 Å². The molecule has 1 aliphatic heterocycles. The van der Waals surface area contributed by atoms with Crippen molar-refractivity contribution in [3.8, 4) is 5.75 Å². The molecule has 0 radical (unpaired) electrons. The first kappa shape index (κ1) is 23.5. The molecule has 3 rings (SSSR count). The summed E-state index contributed by atoms with van der Waals surface area (Å²) in [6, 6.07) is 8.41. The minimum absolute atomic E-state index is 0.127. The highest BCUT2D eigenvalue weighted by Crippen LogP contribution is 2.38. The van der Waals surface area contributed by atoms with Crippen LogP contribution in [-0.4, -0.2) is 43.5 Å². The molecule has 0 saturated carbocycles. The smallest absolute Gasteiger partial charge is 0.450 e. The quantitative estimate of drug-likeness (QED) is 0.389. The summed E-state index contributed by atoms with van der Waals surface area (Å²) in [5, 5.41) is 13.9. The normalized spacial score (nSPS) is 18.9. The SMILES string of the molecule is NCc1ccccc1OP(O)OCC1CCC(n2ccc(=O)[nH]c2=O)O1.O=C(O)O. The van der Waals surface area contributed by atoms with Crippen LogP contribution in [0.1, 0.15) is 24.6 Å². The number of nitrogens with two attached hydrogens (primary N) is 1. The van der Waals surface area contributed by atoms with E-state index in [2.05, 4.69) is 4.98 Å². The first-order valence-corrected chi connectivity index (χ1v) is 9.90. The molecule has 0 amide bonds. The molecule has 6 N–H and O–H groups in total. The lowest BCUT2D eigenvalue weighted by Crippen LogP contribution is -2.31. The highest BCUT2D eigenvalue weighted by Gasteiger charge is 2.28. The van der Waals surface area contributed by atoms with Gasteiger partial charge in [0.2, 0.25) is 0 Å². The lowest BCUT2D eigenvalue weighted by atomic mass is 10.2. The van der Waals surface area contributed by atoms with E-state index in [0.29, 0.717) is 25.1 Å². The second-order valence-electron chi connectivity index (χ2n) is 6.03. The number of aromatic nitrogens is 2. The fourth-order valence-corrected chi connectivity index (χ4v) is 3.38. The van der Waals surface area contributed by atoms with Gasteiger partial charge in [0.15, 0.2) is 0 Å². The van der Waals surface area contributed by atoms with Gasteiger partial charge in [0.25, 0.3) is 5.56 Å². The Balaban J connectivity index is 0.000000735. The first-order chi connectivity index (χ1) is 14.3. The molecule has 164 valence electrons. The van der Waals surface area contributed by atoms with Crippen LogP contribution in [0.2, 0.25) is 0 Å². The third-order valence-electron chi connectivity index (χ3n) is 3.99. The Morgan fingerprint density at radius 2 is 1.97 bits per heavy atom. The molecule has 0 aliphatic carbocycles. The van der Waals surface area contributed by atoms with Gasteiger partial charge < -0.3 is 30.1 Å². The van der Waals surface area contributed by atoms with Gasteiger partial charge in [-0.15, -0.1) is 0 Å². The Morgan fingerprint density at radius 1 is 1.27 bits per heavy atom. The number of rotatable bonds is 7. The molecule has 1 aromatic heterocycles. The molecular weight excluding hydrogens is 421 g/mol. The highest BCUT2D eigenvalue weighted by atomic mass is 31.2. The van der Waals surface area contributed by atoms with Gasteiger partial charge in [-0.05, 0) is 18.9 Å². The van der Waals surface area contributed by atoms with E-state index in [1.165, 1.54) is 16.8 Å². The molecule has 1 aromatic carbocycles. The van der Waals surface area contributed by atoms with Gasteiger partial charge in [0.05, 0.1) is 12.7 Å².